The SMILES string of the molecule is O=S(=O)(Oc1cc(F)c(Cl)c2c1C(C1CC1)CC2)C(F)(F)F. The van der Waals surface area contributed by atoms with Crippen molar-refractivity contribution < 1.29 is 30.2 Å². The fourth-order valence-corrected chi connectivity index (χ4v) is 3.69. The van der Waals surface area contributed by atoms with Gasteiger partial charge in [-0.05, 0) is 43.1 Å². The molecule has 1 fully saturated rings. The maximum Gasteiger partial charge on any atom is 0.534 e. The number of hydrogen-bond donors (Lipinski definition) is 0. The predicted octanol–water partition coefficient (Wildman–Crippen LogP) is 4.15. The molecule has 0 saturated heterocycles. The van der Waals surface area contributed by atoms with Crippen molar-refractivity contribution >= 4 is 21.7 Å². The molecule has 1 aromatic carbocycles. The fourth-order valence-electron chi connectivity index (χ4n) is 2.97. The summed E-state index contributed by atoms with van der Waals surface area (Å²) in [6.45, 7) is 0. The number of alkyl halides is 3. The molecule has 2 aliphatic rings. The van der Waals surface area contributed by atoms with Gasteiger partial charge in [0, 0.05) is 11.6 Å². The van der Waals surface area contributed by atoms with E-state index in [-0.39, 0.29) is 16.9 Å². The molecular formula is C13H11ClF4O3S. The second kappa shape index (κ2) is 4.99. The molecule has 0 bridgehead atoms. The monoisotopic (exact) mass is 358 g/mol. The molecule has 1 atom stereocenters. The lowest BCUT2D eigenvalue weighted by atomic mass is 9.95. The molecule has 0 spiro atoms. The van der Waals surface area contributed by atoms with Crippen molar-refractivity contribution in [1.82, 2.24) is 0 Å². The third kappa shape index (κ3) is 2.56. The smallest absolute Gasteiger partial charge is 0.376 e. The second-order valence-corrected chi connectivity index (χ2v) is 7.44. The van der Waals surface area contributed by atoms with Gasteiger partial charge in [-0.2, -0.15) is 21.6 Å². The van der Waals surface area contributed by atoms with E-state index in [1.807, 2.05) is 0 Å². The minimum Gasteiger partial charge on any atom is -0.376 e. The van der Waals surface area contributed by atoms with Crippen LogP contribution in [0.3, 0.4) is 0 Å². The van der Waals surface area contributed by atoms with E-state index in [9.17, 15) is 26.0 Å². The average Bonchev–Trinajstić information content (AvgIpc) is 3.13. The molecule has 2 aliphatic carbocycles. The molecule has 0 heterocycles. The highest BCUT2D eigenvalue weighted by Crippen LogP contribution is 2.54. The number of benzene rings is 1. The van der Waals surface area contributed by atoms with E-state index in [0.717, 1.165) is 12.8 Å². The fraction of sp³-hybridized carbons (Fsp3) is 0.538. The number of rotatable bonds is 3. The van der Waals surface area contributed by atoms with Crippen molar-refractivity contribution in [2.45, 2.75) is 37.1 Å². The summed E-state index contributed by atoms with van der Waals surface area (Å²) in [5.41, 5.74) is -4.91. The van der Waals surface area contributed by atoms with Crippen LogP contribution in [0.4, 0.5) is 17.6 Å². The van der Waals surface area contributed by atoms with Crippen LogP contribution in [0.5, 0.6) is 5.75 Å². The Morgan fingerprint density at radius 1 is 1.23 bits per heavy atom. The van der Waals surface area contributed by atoms with Gasteiger partial charge in [-0.15, -0.1) is 0 Å². The maximum absolute atomic E-state index is 13.8. The van der Waals surface area contributed by atoms with Crippen molar-refractivity contribution in [3.8, 4) is 5.75 Å². The quantitative estimate of drug-likeness (QED) is 0.463. The van der Waals surface area contributed by atoms with Gasteiger partial charge < -0.3 is 4.18 Å². The van der Waals surface area contributed by atoms with Crippen molar-refractivity contribution in [3.63, 3.8) is 0 Å². The summed E-state index contributed by atoms with van der Waals surface area (Å²) in [6, 6.07) is 0.630. The number of hydrogen-bond acceptors (Lipinski definition) is 3. The highest BCUT2D eigenvalue weighted by molar-refractivity contribution is 7.88. The second-order valence-electron chi connectivity index (χ2n) is 5.53. The first kappa shape index (κ1) is 15.9. The van der Waals surface area contributed by atoms with Crippen LogP contribution in [0.25, 0.3) is 0 Å². The van der Waals surface area contributed by atoms with E-state index >= 15 is 0 Å². The van der Waals surface area contributed by atoms with Gasteiger partial charge >= 0.3 is 15.6 Å². The van der Waals surface area contributed by atoms with Crippen molar-refractivity contribution in [2.75, 3.05) is 0 Å². The Morgan fingerprint density at radius 2 is 1.86 bits per heavy atom. The maximum atomic E-state index is 13.8. The zero-order valence-corrected chi connectivity index (χ0v) is 12.7. The minimum absolute atomic E-state index is 0.133. The zero-order chi connectivity index (χ0) is 16.3. The predicted molar refractivity (Wildman–Crippen MR) is 70.8 cm³/mol. The summed E-state index contributed by atoms with van der Waals surface area (Å²) < 4.78 is 77.8. The van der Waals surface area contributed by atoms with Crippen LogP contribution in [-0.4, -0.2) is 13.9 Å². The molecule has 0 N–H and O–H groups in total. The van der Waals surface area contributed by atoms with Crippen LogP contribution in [0, 0.1) is 11.7 Å². The lowest BCUT2D eigenvalue weighted by Crippen LogP contribution is -2.28. The van der Waals surface area contributed by atoms with Crippen LogP contribution < -0.4 is 4.18 Å². The molecule has 3 nitrogen and oxygen atoms in total. The summed E-state index contributed by atoms with van der Waals surface area (Å²) in [5.74, 6) is -1.45. The molecular weight excluding hydrogens is 348 g/mol. The van der Waals surface area contributed by atoms with Gasteiger partial charge in [-0.3, -0.25) is 0 Å². The first-order valence-corrected chi connectivity index (χ1v) is 8.42. The van der Waals surface area contributed by atoms with Crippen LogP contribution in [0.2, 0.25) is 5.02 Å². The normalized spacial score (nSPS) is 21.8. The Balaban J connectivity index is 2.09. The highest BCUT2D eigenvalue weighted by atomic mass is 35.5. The summed E-state index contributed by atoms with van der Waals surface area (Å²) in [4.78, 5) is 0. The van der Waals surface area contributed by atoms with E-state index in [1.165, 1.54) is 0 Å². The van der Waals surface area contributed by atoms with Gasteiger partial charge in [0.05, 0.1) is 5.02 Å². The first-order valence-electron chi connectivity index (χ1n) is 6.63. The molecule has 0 aliphatic heterocycles. The van der Waals surface area contributed by atoms with Crippen LogP contribution >= 0.6 is 11.6 Å². The van der Waals surface area contributed by atoms with Gasteiger partial charge in [0.15, 0.2) is 0 Å². The molecule has 122 valence electrons. The van der Waals surface area contributed by atoms with Crippen LogP contribution in [-0.2, 0) is 16.5 Å². The van der Waals surface area contributed by atoms with Crippen LogP contribution in [0.1, 0.15) is 36.3 Å². The molecule has 1 saturated carbocycles. The first-order chi connectivity index (χ1) is 10.1. The summed E-state index contributed by atoms with van der Waals surface area (Å²) in [6.07, 6.45) is 2.82. The number of halogens is 5. The summed E-state index contributed by atoms with van der Waals surface area (Å²) >= 11 is 5.86. The molecule has 1 aromatic rings. The Kier molecular flexibility index (Phi) is 3.60. The largest absolute Gasteiger partial charge is 0.534 e. The Labute approximate surface area is 129 Å². The Morgan fingerprint density at radius 3 is 2.41 bits per heavy atom. The van der Waals surface area contributed by atoms with Gasteiger partial charge in [0.2, 0.25) is 0 Å². The van der Waals surface area contributed by atoms with E-state index in [2.05, 4.69) is 4.18 Å². The molecule has 1 unspecified atom stereocenters. The molecule has 3 rings (SSSR count). The molecule has 9 heteroatoms. The topological polar surface area (TPSA) is 43.4 Å². The Hall–Kier alpha value is -1.02. The third-order valence-electron chi connectivity index (χ3n) is 4.07. The Bertz CT molecular complexity index is 726. The van der Waals surface area contributed by atoms with Crippen molar-refractivity contribution in [1.29, 1.82) is 0 Å². The van der Waals surface area contributed by atoms with Gasteiger partial charge in [0.25, 0.3) is 0 Å². The van der Waals surface area contributed by atoms with E-state index in [4.69, 9.17) is 11.6 Å². The number of fused-ring (bicyclic) bond motifs is 1. The van der Waals surface area contributed by atoms with E-state index in [1.54, 1.807) is 0 Å². The standard InChI is InChI=1S/C13H11ClF4O3S/c14-12-8-4-3-7(6-1-2-6)11(8)10(5-9(12)15)21-22(19,20)13(16,17)18/h5-7H,1-4H2. The van der Waals surface area contributed by atoms with Gasteiger partial charge in [0.1, 0.15) is 11.6 Å². The van der Waals surface area contributed by atoms with Gasteiger partial charge in [-0.1, -0.05) is 11.6 Å². The molecule has 0 radical (unpaired) electrons. The lowest BCUT2D eigenvalue weighted by molar-refractivity contribution is -0.0500. The third-order valence-corrected chi connectivity index (χ3v) is 5.45. The zero-order valence-electron chi connectivity index (χ0n) is 11.1. The molecule has 0 amide bonds. The van der Waals surface area contributed by atoms with Crippen molar-refractivity contribution in [2.24, 2.45) is 5.92 Å². The lowest BCUT2D eigenvalue weighted by Gasteiger charge is -2.17. The van der Waals surface area contributed by atoms with E-state index < -0.39 is 27.2 Å². The highest BCUT2D eigenvalue weighted by Gasteiger charge is 2.50. The minimum atomic E-state index is -5.84. The molecule has 0 aromatic heterocycles. The summed E-state index contributed by atoms with van der Waals surface area (Å²) in [7, 11) is -5.84. The van der Waals surface area contributed by atoms with Crippen LogP contribution in [0.15, 0.2) is 6.07 Å². The summed E-state index contributed by atoms with van der Waals surface area (Å²) in [5, 5.41) is -0.171. The average molecular weight is 359 g/mol. The molecule has 22 heavy (non-hydrogen) atoms. The van der Waals surface area contributed by atoms with Crippen molar-refractivity contribution in [3.05, 3.63) is 28.0 Å². The van der Waals surface area contributed by atoms with Gasteiger partial charge in [-0.25, -0.2) is 4.39 Å². The van der Waals surface area contributed by atoms with E-state index in [0.29, 0.717) is 30.0 Å².